The number of benzene rings is 2. The fourth-order valence-corrected chi connectivity index (χ4v) is 5.32. The van der Waals surface area contributed by atoms with E-state index in [1.165, 1.54) is 11.0 Å². The van der Waals surface area contributed by atoms with Crippen LogP contribution in [0, 0.1) is 11.6 Å². The molecule has 2 amide bonds. The van der Waals surface area contributed by atoms with Crippen molar-refractivity contribution in [2.24, 2.45) is 0 Å². The lowest BCUT2D eigenvalue weighted by Gasteiger charge is -2.31. The van der Waals surface area contributed by atoms with Gasteiger partial charge in [-0.15, -0.1) is 0 Å². The number of amides is 2. The summed E-state index contributed by atoms with van der Waals surface area (Å²) >= 11 is 0. The number of aromatic nitrogens is 2. The summed E-state index contributed by atoms with van der Waals surface area (Å²) in [4.78, 5) is 32.3. The van der Waals surface area contributed by atoms with Crippen LogP contribution in [0.25, 0.3) is 11.3 Å². The van der Waals surface area contributed by atoms with Gasteiger partial charge in [-0.1, -0.05) is 30.3 Å². The van der Waals surface area contributed by atoms with Crippen LogP contribution in [0.5, 0.6) is 0 Å². The van der Waals surface area contributed by atoms with Gasteiger partial charge in [0.2, 0.25) is 0 Å². The Labute approximate surface area is 219 Å². The molecule has 2 saturated heterocycles. The van der Waals surface area contributed by atoms with Gasteiger partial charge >= 0.3 is 12.2 Å². The van der Waals surface area contributed by atoms with Gasteiger partial charge in [-0.2, -0.15) is 0 Å². The fourth-order valence-electron chi connectivity index (χ4n) is 5.32. The lowest BCUT2D eigenvalue weighted by molar-refractivity contribution is 0.0892. The molecule has 200 valence electrons. The summed E-state index contributed by atoms with van der Waals surface area (Å²) in [6.07, 6.45) is 3.37. The zero-order valence-corrected chi connectivity index (χ0v) is 20.9. The van der Waals surface area contributed by atoms with E-state index in [0.717, 1.165) is 36.4 Å². The van der Waals surface area contributed by atoms with Crippen molar-refractivity contribution in [3.63, 3.8) is 0 Å². The number of piperidine rings is 1. The van der Waals surface area contributed by atoms with Crippen LogP contribution in [0.1, 0.15) is 43.0 Å². The summed E-state index contributed by atoms with van der Waals surface area (Å²) in [6, 6.07) is 13.1. The quantitative estimate of drug-likeness (QED) is 0.461. The number of halogens is 2. The van der Waals surface area contributed by atoms with Crippen molar-refractivity contribution in [2.75, 3.05) is 19.6 Å². The lowest BCUT2D eigenvalue weighted by Crippen LogP contribution is -2.39. The highest BCUT2D eigenvalue weighted by Gasteiger charge is 2.33. The molecule has 2 aliphatic heterocycles. The molecule has 10 heteroatoms. The molecule has 5 rings (SSSR count). The maximum absolute atomic E-state index is 14.0. The van der Waals surface area contributed by atoms with E-state index in [4.69, 9.17) is 9.72 Å². The zero-order chi connectivity index (χ0) is 26.6. The van der Waals surface area contributed by atoms with Crippen molar-refractivity contribution in [3.05, 3.63) is 77.8 Å². The molecular weight excluding hydrogens is 494 g/mol. The van der Waals surface area contributed by atoms with Crippen LogP contribution >= 0.6 is 0 Å². The molecule has 8 nitrogen and oxygen atoms in total. The fraction of sp³-hybridized carbons (Fsp3) is 0.393. The molecule has 0 bridgehead atoms. The highest BCUT2D eigenvalue weighted by Crippen LogP contribution is 2.32. The third-order valence-electron chi connectivity index (χ3n) is 7.38. The SMILES string of the molecule is O=C(O)N1CCC(c2nc(-c3ccc(F)c(F)c3)cn2CC2CCCN2C(=O)OCc2ccccc2)CC1. The van der Waals surface area contributed by atoms with Crippen LogP contribution in [-0.4, -0.2) is 62.3 Å². The van der Waals surface area contributed by atoms with Crippen molar-refractivity contribution >= 4 is 12.2 Å². The molecule has 1 atom stereocenters. The molecule has 0 spiro atoms. The second kappa shape index (κ2) is 11.2. The number of hydrogen-bond donors (Lipinski definition) is 1. The van der Waals surface area contributed by atoms with E-state index >= 15 is 0 Å². The normalized spacial score (nSPS) is 18.1. The number of hydrogen-bond acceptors (Lipinski definition) is 4. The van der Waals surface area contributed by atoms with Crippen LogP contribution in [0.4, 0.5) is 18.4 Å². The average molecular weight is 525 g/mol. The Morgan fingerprint density at radius 1 is 1.00 bits per heavy atom. The molecule has 1 unspecified atom stereocenters. The first kappa shape index (κ1) is 25.7. The smallest absolute Gasteiger partial charge is 0.410 e. The van der Waals surface area contributed by atoms with Gasteiger partial charge in [0.1, 0.15) is 12.4 Å². The zero-order valence-electron chi connectivity index (χ0n) is 20.9. The minimum Gasteiger partial charge on any atom is -0.465 e. The van der Waals surface area contributed by atoms with E-state index < -0.39 is 17.7 Å². The van der Waals surface area contributed by atoms with Gasteiger partial charge in [-0.05, 0) is 49.4 Å². The van der Waals surface area contributed by atoms with E-state index in [-0.39, 0.29) is 24.7 Å². The monoisotopic (exact) mass is 524 g/mol. The summed E-state index contributed by atoms with van der Waals surface area (Å²) < 4.78 is 35.1. The molecule has 2 fully saturated rings. The number of carboxylic acid groups (broad SMARTS) is 1. The molecule has 1 N–H and O–H groups in total. The predicted octanol–water partition coefficient (Wildman–Crippen LogP) is 5.49. The van der Waals surface area contributed by atoms with E-state index in [2.05, 4.69) is 0 Å². The highest BCUT2D eigenvalue weighted by molar-refractivity contribution is 5.68. The number of carbonyl (C=O) groups excluding carboxylic acids is 1. The Bertz CT molecular complexity index is 1290. The maximum Gasteiger partial charge on any atom is 0.410 e. The van der Waals surface area contributed by atoms with Crippen molar-refractivity contribution in [1.82, 2.24) is 19.4 Å². The molecule has 1 aromatic heterocycles. The first-order valence-corrected chi connectivity index (χ1v) is 12.9. The van der Waals surface area contributed by atoms with Crippen LogP contribution in [-0.2, 0) is 17.9 Å². The topological polar surface area (TPSA) is 87.9 Å². The van der Waals surface area contributed by atoms with Gasteiger partial charge < -0.3 is 24.2 Å². The van der Waals surface area contributed by atoms with Crippen molar-refractivity contribution < 1.29 is 28.2 Å². The van der Waals surface area contributed by atoms with E-state index in [1.807, 2.05) is 41.1 Å². The van der Waals surface area contributed by atoms with Crippen LogP contribution < -0.4 is 0 Å². The molecule has 2 aliphatic rings. The minimum atomic E-state index is -0.948. The number of rotatable bonds is 6. The van der Waals surface area contributed by atoms with Crippen LogP contribution in [0.15, 0.2) is 54.7 Å². The van der Waals surface area contributed by atoms with Gasteiger partial charge in [0.15, 0.2) is 11.6 Å². The Kier molecular flexibility index (Phi) is 7.57. The van der Waals surface area contributed by atoms with Gasteiger partial charge in [0, 0.05) is 43.9 Å². The Morgan fingerprint density at radius 3 is 2.47 bits per heavy atom. The van der Waals surface area contributed by atoms with Crippen LogP contribution in [0.2, 0.25) is 0 Å². The second-order valence-corrected chi connectivity index (χ2v) is 9.84. The Morgan fingerprint density at radius 2 is 1.76 bits per heavy atom. The van der Waals surface area contributed by atoms with Crippen LogP contribution in [0.3, 0.4) is 0 Å². The number of imidazole rings is 1. The first-order chi connectivity index (χ1) is 18.4. The second-order valence-electron chi connectivity index (χ2n) is 9.84. The first-order valence-electron chi connectivity index (χ1n) is 12.9. The van der Waals surface area contributed by atoms with Crippen molar-refractivity contribution in [1.29, 1.82) is 0 Å². The third kappa shape index (κ3) is 5.64. The molecule has 0 aliphatic carbocycles. The van der Waals surface area contributed by atoms with Crippen molar-refractivity contribution in [3.8, 4) is 11.3 Å². The van der Waals surface area contributed by atoms with E-state index in [1.54, 1.807) is 4.90 Å². The summed E-state index contributed by atoms with van der Waals surface area (Å²) in [5.41, 5.74) is 1.88. The molecule has 0 radical (unpaired) electrons. The Hall–Kier alpha value is -3.95. The van der Waals surface area contributed by atoms with E-state index in [9.17, 15) is 23.5 Å². The standard InChI is InChI=1S/C28H30F2N4O4/c29-23-9-8-21(15-24(23)30)25-17-33(26(31-25)20-10-13-32(14-11-20)27(35)36)16-22-7-4-12-34(22)28(37)38-18-19-5-2-1-3-6-19/h1-3,5-6,8-9,15,17,20,22H,4,7,10-14,16,18H2,(H,35,36). The molecule has 3 aromatic rings. The summed E-state index contributed by atoms with van der Waals surface area (Å²) in [7, 11) is 0. The molecule has 2 aromatic carbocycles. The number of ether oxygens (including phenoxy) is 1. The molecule has 0 saturated carbocycles. The number of nitrogens with zero attached hydrogens (tertiary/aromatic N) is 4. The third-order valence-corrected chi connectivity index (χ3v) is 7.38. The molecular formula is C28H30F2N4O4. The largest absolute Gasteiger partial charge is 0.465 e. The average Bonchev–Trinajstić information content (AvgIpc) is 3.57. The van der Waals surface area contributed by atoms with Gasteiger partial charge in [-0.3, -0.25) is 0 Å². The van der Waals surface area contributed by atoms with Gasteiger partial charge in [0.05, 0.1) is 11.7 Å². The molecule has 3 heterocycles. The van der Waals surface area contributed by atoms with Gasteiger partial charge in [-0.25, -0.2) is 23.4 Å². The number of carbonyl (C=O) groups is 2. The Balaban J connectivity index is 1.36. The van der Waals surface area contributed by atoms with Gasteiger partial charge in [0.25, 0.3) is 0 Å². The molecule has 38 heavy (non-hydrogen) atoms. The van der Waals surface area contributed by atoms with Crippen molar-refractivity contribution in [2.45, 2.75) is 50.8 Å². The summed E-state index contributed by atoms with van der Waals surface area (Å²) in [5, 5.41) is 9.33. The predicted molar refractivity (Wildman–Crippen MR) is 136 cm³/mol. The summed E-state index contributed by atoms with van der Waals surface area (Å²) in [5.74, 6) is -1.11. The maximum atomic E-state index is 14.0. The lowest BCUT2D eigenvalue weighted by atomic mass is 9.96. The van der Waals surface area contributed by atoms with E-state index in [0.29, 0.717) is 50.3 Å². The number of likely N-dealkylation sites (tertiary alicyclic amines) is 2. The highest BCUT2D eigenvalue weighted by atomic mass is 19.2. The minimum absolute atomic E-state index is 0.00419. The summed E-state index contributed by atoms with van der Waals surface area (Å²) in [6.45, 7) is 2.06.